The highest BCUT2D eigenvalue weighted by molar-refractivity contribution is 6.18. The molecule has 0 fully saturated rings. The van der Waals surface area contributed by atoms with Gasteiger partial charge in [0, 0.05) is 18.8 Å². The number of rotatable bonds is 6. The number of ether oxygens (including phenoxy) is 1. The van der Waals surface area contributed by atoms with Gasteiger partial charge in [-0.2, -0.15) is 0 Å². The molecule has 0 aliphatic heterocycles. The number of amides is 1. The maximum absolute atomic E-state index is 11.2. The third-order valence-electron chi connectivity index (χ3n) is 2.11. The van der Waals surface area contributed by atoms with Crippen LogP contribution in [-0.4, -0.2) is 17.9 Å². The van der Waals surface area contributed by atoms with Crippen LogP contribution in [0, 0.1) is 0 Å². The first-order valence-electron chi connectivity index (χ1n) is 5.70. The number of hydrogen-bond acceptors (Lipinski definition) is 2. The fraction of sp³-hybridized carbons (Fsp3) is 0.462. The topological polar surface area (TPSA) is 38.3 Å². The average Bonchev–Trinajstić information content (AvgIpc) is 2.28. The summed E-state index contributed by atoms with van der Waals surface area (Å²) in [5.41, 5.74) is 1.05. The minimum Gasteiger partial charge on any atom is -0.491 e. The minimum absolute atomic E-state index is 0.0255. The molecule has 0 unspecified atom stereocenters. The molecular weight excluding hydrogens is 238 g/mol. The van der Waals surface area contributed by atoms with E-state index >= 15 is 0 Å². The summed E-state index contributed by atoms with van der Waals surface area (Å²) in [6.07, 6.45) is 0.528. The molecule has 1 amide bonds. The maximum atomic E-state index is 11.2. The molecule has 0 heterocycles. The van der Waals surface area contributed by atoms with E-state index in [1.807, 2.05) is 38.1 Å². The summed E-state index contributed by atoms with van der Waals surface area (Å²) in [6, 6.07) is 7.70. The standard InChI is InChI=1S/C13H18ClNO2/c1-10(2)17-12-5-3-11(4-6-12)9-15-13(16)7-8-14/h3-6,10H,7-9H2,1-2H3,(H,15,16). The van der Waals surface area contributed by atoms with E-state index in [0.717, 1.165) is 11.3 Å². The molecule has 1 aromatic rings. The Morgan fingerprint density at radius 1 is 1.35 bits per heavy atom. The van der Waals surface area contributed by atoms with Gasteiger partial charge in [-0.3, -0.25) is 4.79 Å². The molecule has 0 spiro atoms. The molecular formula is C13H18ClNO2. The van der Waals surface area contributed by atoms with Gasteiger partial charge in [-0.15, -0.1) is 11.6 Å². The van der Waals surface area contributed by atoms with E-state index < -0.39 is 0 Å². The van der Waals surface area contributed by atoms with Crippen LogP contribution in [0.1, 0.15) is 25.8 Å². The Labute approximate surface area is 107 Å². The second-order valence-corrected chi connectivity index (χ2v) is 4.40. The average molecular weight is 256 g/mol. The molecule has 0 aromatic heterocycles. The molecule has 0 aliphatic rings. The van der Waals surface area contributed by atoms with Crippen LogP contribution < -0.4 is 10.1 Å². The van der Waals surface area contributed by atoms with E-state index in [9.17, 15) is 4.79 Å². The molecule has 3 nitrogen and oxygen atoms in total. The van der Waals surface area contributed by atoms with Crippen molar-refractivity contribution >= 4 is 17.5 Å². The van der Waals surface area contributed by atoms with E-state index in [2.05, 4.69) is 5.32 Å². The number of carbonyl (C=O) groups excluding carboxylic acids is 1. The van der Waals surface area contributed by atoms with Crippen LogP contribution in [0.25, 0.3) is 0 Å². The van der Waals surface area contributed by atoms with E-state index in [0.29, 0.717) is 18.8 Å². The van der Waals surface area contributed by atoms with Crippen LogP contribution >= 0.6 is 11.6 Å². The molecule has 94 valence electrons. The first-order chi connectivity index (χ1) is 8.11. The molecule has 0 aliphatic carbocycles. The van der Waals surface area contributed by atoms with Gasteiger partial charge in [0.25, 0.3) is 0 Å². The smallest absolute Gasteiger partial charge is 0.221 e. The van der Waals surface area contributed by atoms with Crippen LogP contribution in [0.15, 0.2) is 24.3 Å². The fourth-order valence-electron chi connectivity index (χ4n) is 1.33. The van der Waals surface area contributed by atoms with Gasteiger partial charge in [-0.05, 0) is 31.5 Å². The van der Waals surface area contributed by atoms with Crippen molar-refractivity contribution in [3.05, 3.63) is 29.8 Å². The van der Waals surface area contributed by atoms with E-state index in [4.69, 9.17) is 16.3 Å². The largest absolute Gasteiger partial charge is 0.491 e. The zero-order valence-electron chi connectivity index (χ0n) is 10.2. The van der Waals surface area contributed by atoms with E-state index in [1.165, 1.54) is 0 Å². The lowest BCUT2D eigenvalue weighted by molar-refractivity contribution is -0.120. The molecule has 0 saturated heterocycles. The van der Waals surface area contributed by atoms with Gasteiger partial charge in [-0.25, -0.2) is 0 Å². The number of hydrogen-bond donors (Lipinski definition) is 1. The molecule has 1 N–H and O–H groups in total. The maximum Gasteiger partial charge on any atom is 0.221 e. The van der Waals surface area contributed by atoms with Crippen molar-refractivity contribution in [2.45, 2.75) is 32.9 Å². The summed E-state index contributed by atoms with van der Waals surface area (Å²) < 4.78 is 5.53. The van der Waals surface area contributed by atoms with Gasteiger partial charge in [0.05, 0.1) is 6.10 Å². The number of nitrogens with one attached hydrogen (secondary N) is 1. The molecule has 0 bridgehead atoms. The zero-order chi connectivity index (χ0) is 12.7. The van der Waals surface area contributed by atoms with Gasteiger partial charge >= 0.3 is 0 Å². The Balaban J connectivity index is 2.42. The fourth-order valence-corrected chi connectivity index (χ4v) is 1.50. The van der Waals surface area contributed by atoms with Crippen LogP contribution in [0.2, 0.25) is 0 Å². The Morgan fingerprint density at radius 2 is 2.00 bits per heavy atom. The molecule has 17 heavy (non-hydrogen) atoms. The summed E-state index contributed by atoms with van der Waals surface area (Å²) in [5.74, 6) is 1.17. The van der Waals surface area contributed by atoms with Crippen LogP contribution in [0.5, 0.6) is 5.75 Å². The highest BCUT2D eigenvalue weighted by atomic mass is 35.5. The highest BCUT2D eigenvalue weighted by Crippen LogP contribution is 2.13. The number of alkyl halides is 1. The normalized spacial score (nSPS) is 10.4. The molecule has 1 rings (SSSR count). The molecule has 1 aromatic carbocycles. The van der Waals surface area contributed by atoms with E-state index in [1.54, 1.807) is 0 Å². The third-order valence-corrected chi connectivity index (χ3v) is 2.30. The molecule has 0 atom stereocenters. The van der Waals surface area contributed by atoms with Crippen molar-refractivity contribution in [2.75, 3.05) is 5.88 Å². The SMILES string of the molecule is CC(C)Oc1ccc(CNC(=O)CCCl)cc1. The van der Waals surface area contributed by atoms with Crippen LogP contribution in [0.4, 0.5) is 0 Å². The Hall–Kier alpha value is -1.22. The van der Waals surface area contributed by atoms with Gasteiger partial charge in [0.15, 0.2) is 0 Å². The van der Waals surface area contributed by atoms with Gasteiger partial charge in [-0.1, -0.05) is 12.1 Å². The summed E-state index contributed by atoms with van der Waals surface area (Å²) >= 11 is 5.47. The summed E-state index contributed by atoms with van der Waals surface area (Å²) in [5, 5.41) is 2.80. The Kier molecular flexibility index (Phi) is 5.84. The zero-order valence-corrected chi connectivity index (χ0v) is 11.0. The van der Waals surface area contributed by atoms with Crippen LogP contribution in [-0.2, 0) is 11.3 Å². The third kappa shape index (κ3) is 5.59. The minimum atomic E-state index is -0.0255. The second kappa shape index (κ2) is 7.17. The monoisotopic (exact) mass is 255 g/mol. The van der Waals surface area contributed by atoms with Gasteiger partial charge in [0.1, 0.15) is 5.75 Å². The number of halogens is 1. The highest BCUT2D eigenvalue weighted by Gasteiger charge is 2.01. The Morgan fingerprint density at radius 3 is 2.53 bits per heavy atom. The van der Waals surface area contributed by atoms with Crippen molar-refractivity contribution in [2.24, 2.45) is 0 Å². The van der Waals surface area contributed by atoms with Crippen molar-refractivity contribution < 1.29 is 9.53 Å². The van der Waals surface area contributed by atoms with Crippen molar-refractivity contribution in [1.29, 1.82) is 0 Å². The predicted octanol–water partition coefficient (Wildman–Crippen LogP) is 2.72. The van der Waals surface area contributed by atoms with Crippen molar-refractivity contribution in [3.63, 3.8) is 0 Å². The lowest BCUT2D eigenvalue weighted by atomic mass is 10.2. The second-order valence-electron chi connectivity index (χ2n) is 4.03. The molecule has 4 heteroatoms. The summed E-state index contributed by atoms with van der Waals surface area (Å²) in [7, 11) is 0. The molecule has 0 saturated carbocycles. The number of benzene rings is 1. The van der Waals surface area contributed by atoms with Gasteiger partial charge < -0.3 is 10.1 Å². The number of carbonyl (C=O) groups is 1. The quantitative estimate of drug-likeness (QED) is 0.794. The lowest BCUT2D eigenvalue weighted by Crippen LogP contribution is -2.22. The van der Waals surface area contributed by atoms with Gasteiger partial charge in [0.2, 0.25) is 5.91 Å². The lowest BCUT2D eigenvalue weighted by Gasteiger charge is -2.10. The van der Waals surface area contributed by atoms with E-state index in [-0.39, 0.29) is 12.0 Å². The first-order valence-corrected chi connectivity index (χ1v) is 6.23. The summed E-state index contributed by atoms with van der Waals surface area (Å²) in [4.78, 5) is 11.2. The van der Waals surface area contributed by atoms with Crippen molar-refractivity contribution in [3.8, 4) is 5.75 Å². The van der Waals surface area contributed by atoms with Crippen molar-refractivity contribution in [1.82, 2.24) is 5.32 Å². The first kappa shape index (κ1) is 13.8. The van der Waals surface area contributed by atoms with Crippen LogP contribution in [0.3, 0.4) is 0 Å². The summed E-state index contributed by atoms with van der Waals surface area (Å²) in [6.45, 7) is 4.50. The predicted molar refractivity (Wildman–Crippen MR) is 69.4 cm³/mol. The molecule has 0 radical (unpaired) electrons. The Bertz CT molecular complexity index is 349.